The zero-order valence-corrected chi connectivity index (χ0v) is 5.60. The third-order valence-electron chi connectivity index (χ3n) is 0.516. The second kappa shape index (κ2) is 4.64. The summed E-state index contributed by atoms with van der Waals surface area (Å²) in [4.78, 5) is 10.7. The minimum Gasteiger partial charge on any atom is -0.480 e. The van der Waals surface area contributed by atoms with Crippen LogP contribution >= 0.6 is 11.8 Å². The summed E-state index contributed by atoms with van der Waals surface area (Å²) in [5.74, 6) is -1.97. The van der Waals surface area contributed by atoms with Crippen molar-refractivity contribution in [3.8, 4) is 0 Å². The van der Waals surface area contributed by atoms with E-state index in [1.807, 2.05) is 0 Å². The maximum absolute atomic E-state index is 10.7. The maximum atomic E-state index is 10.7. The second-order valence-corrected chi connectivity index (χ2v) is 1.86. The topological polar surface area (TPSA) is 63.3 Å². The summed E-state index contributed by atoms with van der Waals surface area (Å²) in [6.45, 7) is 0. The predicted molar refractivity (Wildman–Crippen MR) is 38.6 cm³/mol. The number of thioether (sulfide) groups is 1. The SMILES string of the molecule is [2H]C(SC)C([2H])([2H])[C@@]([2H])(C(=O)O)N([2H])[2H]. The van der Waals surface area contributed by atoms with Crippen LogP contribution in [0.3, 0.4) is 0 Å². The highest BCUT2D eigenvalue weighted by atomic mass is 32.2. The van der Waals surface area contributed by atoms with Crippen molar-refractivity contribution >= 4 is 17.7 Å². The summed E-state index contributed by atoms with van der Waals surface area (Å²) in [6, 6.07) is -3.12. The number of rotatable bonds is 5. The van der Waals surface area contributed by atoms with Gasteiger partial charge in [0.2, 0.25) is 0 Å². The summed E-state index contributed by atoms with van der Waals surface area (Å²) >= 11 is 0.708. The minimum atomic E-state index is -3.12. The Morgan fingerprint density at radius 3 is 3.33 bits per heavy atom. The monoisotopic (exact) mass is 155 g/mol. The van der Waals surface area contributed by atoms with Gasteiger partial charge in [-0.2, -0.15) is 11.8 Å². The van der Waals surface area contributed by atoms with Gasteiger partial charge in [-0.1, -0.05) is 0 Å². The Kier molecular flexibility index (Phi) is 1.44. The highest BCUT2D eigenvalue weighted by molar-refractivity contribution is 7.98. The van der Waals surface area contributed by atoms with Gasteiger partial charge in [0.1, 0.15) is 8.84 Å². The van der Waals surface area contributed by atoms with Crippen molar-refractivity contribution < 1.29 is 18.2 Å². The zero-order chi connectivity index (χ0) is 12.4. The number of carboxylic acid groups (broad SMARTS) is 1. The molecule has 0 spiro atoms. The molecule has 0 aromatic carbocycles. The molecule has 0 aromatic heterocycles. The Balaban J connectivity index is 5.35. The molecule has 0 fully saturated rings. The van der Waals surface area contributed by atoms with Gasteiger partial charge in [-0.25, -0.2) is 0 Å². The third-order valence-corrected chi connectivity index (χ3v) is 0.870. The summed E-state index contributed by atoms with van der Waals surface area (Å²) in [5, 5.41) is 8.68. The first-order valence-corrected chi connectivity index (χ1v) is 3.37. The van der Waals surface area contributed by atoms with Crippen LogP contribution in [0.5, 0.6) is 0 Å². The van der Waals surface area contributed by atoms with Gasteiger partial charge < -0.3 is 10.8 Å². The number of aliphatic carboxylic acids is 1. The fraction of sp³-hybridized carbons (Fsp3) is 0.800. The van der Waals surface area contributed by atoms with Gasteiger partial charge >= 0.3 is 5.97 Å². The van der Waals surface area contributed by atoms with Crippen LogP contribution in [-0.4, -0.2) is 29.1 Å². The minimum absolute atomic E-state index is 0.535. The van der Waals surface area contributed by atoms with E-state index < -0.39 is 29.8 Å². The molecule has 54 valence electrons. The van der Waals surface area contributed by atoms with Crippen LogP contribution < -0.4 is 5.72 Å². The van der Waals surface area contributed by atoms with Crippen LogP contribution in [0.4, 0.5) is 0 Å². The molecular formula is C5H11NO2S. The lowest BCUT2D eigenvalue weighted by Crippen LogP contribution is -2.30. The molecule has 0 radical (unpaired) electrons. The average Bonchev–Trinajstić information content (AvgIpc) is 2.13. The summed E-state index contributed by atoms with van der Waals surface area (Å²) < 4.78 is 42.9. The van der Waals surface area contributed by atoms with Crippen LogP contribution in [0, 0.1) is 0 Å². The van der Waals surface area contributed by atoms with Crippen LogP contribution in [-0.2, 0) is 4.79 Å². The molecule has 3 nitrogen and oxygen atoms in total. The zero-order valence-electron chi connectivity index (χ0n) is 10.8. The quantitative estimate of drug-likeness (QED) is 0.593. The molecule has 0 amide bonds. The van der Waals surface area contributed by atoms with Gasteiger partial charge in [0, 0.05) is 4.11 Å². The predicted octanol–water partition coefficient (Wildman–Crippen LogP) is 0.151. The molecule has 0 saturated heterocycles. The van der Waals surface area contributed by atoms with Crippen molar-refractivity contribution in [1.82, 2.24) is 0 Å². The fourth-order valence-electron chi connectivity index (χ4n) is 0.176. The molecule has 4 heteroatoms. The first-order valence-electron chi connectivity index (χ1n) is 5.06. The molecule has 1 unspecified atom stereocenters. The van der Waals surface area contributed by atoms with Crippen molar-refractivity contribution in [2.45, 2.75) is 12.4 Å². The van der Waals surface area contributed by atoms with Gasteiger partial charge in [-0.05, 0) is 18.4 Å². The standard InChI is InChI=1S/C5H11NO2S/c1-9-3-2-4(6)5(7)8/h4H,2-3,6H2,1H3,(H,7,8)/t4-/m0/s1/i2D2,3D,4D/hD2/t3?,4-. The normalized spacial score (nSPS) is 31.8. The van der Waals surface area contributed by atoms with E-state index in [0.29, 0.717) is 11.8 Å². The Morgan fingerprint density at radius 1 is 2.33 bits per heavy atom. The van der Waals surface area contributed by atoms with Crippen LogP contribution in [0.1, 0.15) is 11.9 Å². The van der Waals surface area contributed by atoms with E-state index in [2.05, 4.69) is 0 Å². The lowest BCUT2D eigenvalue weighted by molar-refractivity contribution is -0.138. The largest absolute Gasteiger partial charge is 0.480 e. The molecule has 0 aliphatic rings. The number of nitrogens with two attached hydrogens (primary N) is 1. The van der Waals surface area contributed by atoms with E-state index in [1.54, 1.807) is 0 Å². The Morgan fingerprint density at radius 2 is 3.00 bits per heavy atom. The highest BCUT2D eigenvalue weighted by Crippen LogP contribution is 1.97. The molecule has 0 aromatic rings. The van der Waals surface area contributed by atoms with Crippen molar-refractivity contribution in [2.75, 3.05) is 12.0 Å². The van der Waals surface area contributed by atoms with Gasteiger partial charge in [-0.15, -0.1) is 0 Å². The van der Waals surface area contributed by atoms with E-state index in [1.165, 1.54) is 6.26 Å². The van der Waals surface area contributed by atoms with E-state index >= 15 is 0 Å². The van der Waals surface area contributed by atoms with Crippen molar-refractivity contribution in [3.05, 3.63) is 0 Å². The molecule has 3 N–H and O–H groups in total. The molecule has 9 heavy (non-hydrogen) atoms. The van der Waals surface area contributed by atoms with Gasteiger partial charge in [0.25, 0.3) is 0 Å². The smallest absolute Gasteiger partial charge is 0.320 e. The molecule has 0 aliphatic heterocycles. The van der Waals surface area contributed by atoms with E-state index in [-0.39, 0.29) is 0 Å². The molecule has 0 saturated carbocycles. The van der Waals surface area contributed by atoms with Crippen molar-refractivity contribution in [3.63, 3.8) is 0 Å². The molecule has 0 bridgehead atoms. The van der Waals surface area contributed by atoms with E-state index in [0.717, 1.165) is 0 Å². The third kappa shape index (κ3) is 4.29. The molecule has 2 atom stereocenters. The lowest BCUT2D eigenvalue weighted by atomic mass is 10.2. The molecule has 0 rings (SSSR count). The highest BCUT2D eigenvalue weighted by Gasteiger charge is 2.08. The first kappa shape index (κ1) is 2.80. The number of hydrogen-bond acceptors (Lipinski definition) is 3. The molecule has 0 aliphatic carbocycles. The van der Waals surface area contributed by atoms with E-state index in [4.69, 9.17) is 13.4 Å². The van der Waals surface area contributed by atoms with E-state index in [9.17, 15) is 4.79 Å². The molecule has 0 heterocycles. The Hall–Kier alpha value is -0.220. The van der Waals surface area contributed by atoms with Gasteiger partial charge in [0.15, 0.2) is 0 Å². The summed E-state index contributed by atoms with van der Waals surface area (Å²) in [5.41, 5.74) is -2.10. The average molecular weight is 155 g/mol. The maximum Gasteiger partial charge on any atom is 0.320 e. The van der Waals surface area contributed by atoms with Crippen LogP contribution in [0.15, 0.2) is 0 Å². The number of carboxylic acids is 1. The van der Waals surface area contributed by atoms with Crippen LogP contribution in [0.25, 0.3) is 0 Å². The fourth-order valence-corrected chi connectivity index (χ4v) is 0.406. The Labute approximate surface area is 67.2 Å². The van der Waals surface area contributed by atoms with Gasteiger partial charge in [0.05, 0.1) is 1.37 Å². The second-order valence-electron chi connectivity index (χ2n) is 1.15. The lowest BCUT2D eigenvalue weighted by Gasteiger charge is -2.02. The Bertz CT molecular complexity index is 252. The summed E-state index contributed by atoms with van der Waals surface area (Å²) in [7, 11) is 0. The van der Waals surface area contributed by atoms with Crippen LogP contribution in [0.2, 0.25) is 2.82 Å². The van der Waals surface area contributed by atoms with Crippen molar-refractivity contribution in [2.24, 2.45) is 5.72 Å². The number of hydrogen-bond donors (Lipinski definition) is 2. The van der Waals surface area contributed by atoms with Gasteiger partial charge in [-0.3, -0.25) is 4.79 Å². The molecular weight excluding hydrogens is 138 g/mol. The number of carbonyl (C=O) groups is 1. The first-order chi connectivity index (χ1) is 6.62. The van der Waals surface area contributed by atoms with Crippen molar-refractivity contribution in [1.29, 1.82) is 0 Å². The summed E-state index contributed by atoms with van der Waals surface area (Å²) in [6.07, 6.45) is -1.46.